The van der Waals surface area contributed by atoms with E-state index in [1.807, 2.05) is 31.2 Å². The highest BCUT2D eigenvalue weighted by Gasteiger charge is 2.05. The molecule has 0 aliphatic rings. The summed E-state index contributed by atoms with van der Waals surface area (Å²) in [6, 6.07) is 11.5. The first-order valence-electron chi connectivity index (χ1n) is 6.58. The second kappa shape index (κ2) is 6.74. The normalized spacial score (nSPS) is 10.2. The minimum Gasteiger partial charge on any atom is -0.493 e. The molecule has 0 aromatic heterocycles. The molecular weight excluding hydrogens is 271 g/mol. The van der Waals surface area contributed by atoms with Crippen molar-refractivity contribution < 1.29 is 13.9 Å². The van der Waals surface area contributed by atoms with E-state index in [1.165, 1.54) is 18.2 Å². The van der Waals surface area contributed by atoms with Crippen molar-refractivity contribution in [3.63, 3.8) is 0 Å². The minimum atomic E-state index is -0.485. The van der Waals surface area contributed by atoms with Crippen molar-refractivity contribution in [2.75, 3.05) is 17.7 Å². The molecule has 2 rings (SSSR count). The van der Waals surface area contributed by atoms with E-state index < -0.39 is 5.82 Å². The molecular formula is C16H17FN2O2. The first kappa shape index (κ1) is 14.8. The molecule has 0 atom stereocenters. The molecule has 21 heavy (non-hydrogen) atoms. The Labute approximate surface area is 122 Å². The second-order valence-electron chi connectivity index (χ2n) is 4.74. The Morgan fingerprint density at radius 1 is 1.29 bits per heavy atom. The molecule has 0 fully saturated rings. The van der Waals surface area contributed by atoms with Crippen molar-refractivity contribution in [3.05, 3.63) is 53.8 Å². The highest BCUT2D eigenvalue weighted by Crippen LogP contribution is 2.16. The Kier molecular flexibility index (Phi) is 4.77. The van der Waals surface area contributed by atoms with Gasteiger partial charge in [0.25, 0.3) is 0 Å². The fourth-order valence-corrected chi connectivity index (χ4v) is 1.87. The SMILES string of the molecule is Cc1cccc(OCCC(=O)Nc2cc(N)cc(F)c2)c1. The third kappa shape index (κ3) is 4.80. The van der Waals surface area contributed by atoms with Crippen LogP contribution in [0.3, 0.4) is 0 Å². The molecule has 2 aromatic carbocycles. The third-order valence-corrected chi connectivity index (χ3v) is 2.79. The van der Waals surface area contributed by atoms with Crippen LogP contribution in [0.25, 0.3) is 0 Å². The van der Waals surface area contributed by atoms with E-state index in [4.69, 9.17) is 10.5 Å². The maximum Gasteiger partial charge on any atom is 0.227 e. The molecule has 0 saturated heterocycles. The maximum absolute atomic E-state index is 13.1. The average Bonchev–Trinajstić information content (AvgIpc) is 2.37. The topological polar surface area (TPSA) is 64.3 Å². The number of anilines is 2. The number of carbonyl (C=O) groups is 1. The quantitative estimate of drug-likeness (QED) is 0.831. The van der Waals surface area contributed by atoms with Gasteiger partial charge in [-0.3, -0.25) is 4.79 Å². The molecule has 2 aromatic rings. The van der Waals surface area contributed by atoms with Crippen LogP contribution in [0.2, 0.25) is 0 Å². The largest absolute Gasteiger partial charge is 0.493 e. The molecule has 0 unspecified atom stereocenters. The van der Waals surface area contributed by atoms with Crippen LogP contribution in [0.1, 0.15) is 12.0 Å². The number of hydrogen-bond donors (Lipinski definition) is 2. The van der Waals surface area contributed by atoms with Crippen LogP contribution in [0.15, 0.2) is 42.5 Å². The average molecular weight is 288 g/mol. The summed E-state index contributed by atoms with van der Waals surface area (Å²) in [5, 5.41) is 2.58. The van der Waals surface area contributed by atoms with E-state index in [-0.39, 0.29) is 24.6 Å². The van der Waals surface area contributed by atoms with Crippen molar-refractivity contribution in [2.45, 2.75) is 13.3 Å². The third-order valence-electron chi connectivity index (χ3n) is 2.79. The van der Waals surface area contributed by atoms with Gasteiger partial charge in [-0.1, -0.05) is 12.1 Å². The Hall–Kier alpha value is -2.56. The summed E-state index contributed by atoms with van der Waals surface area (Å²) in [7, 11) is 0. The highest BCUT2D eigenvalue weighted by atomic mass is 19.1. The molecule has 0 aliphatic carbocycles. The number of nitrogen functional groups attached to an aromatic ring is 1. The maximum atomic E-state index is 13.1. The summed E-state index contributed by atoms with van der Waals surface area (Å²) in [5.74, 6) is -0.0215. The second-order valence-corrected chi connectivity index (χ2v) is 4.74. The lowest BCUT2D eigenvalue weighted by molar-refractivity contribution is -0.116. The Bertz CT molecular complexity index is 624. The summed E-state index contributed by atoms with van der Waals surface area (Å²) in [6.07, 6.45) is 0.171. The van der Waals surface area contributed by atoms with Gasteiger partial charge < -0.3 is 15.8 Å². The predicted molar refractivity (Wildman–Crippen MR) is 80.7 cm³/mol. The fourth-order valence-electron chi connectivity index (χ4n) is 1.87. The van der Waals surface area contributed by atoms with Crippen LogP contribution in [0.4, 0.5) is 15.8 Å². The number of nitrogens with one attached hydrogen (secondary N) is 1. The summed E-state index contributed by atoms with van der Waals surface area (Å²) in [4.78, 5) is 11.7. The molecule has 4 nitrogen and oxygen atoms in total. The number of hydrogen-bond acceptors (Lipinski definition) is 3. The lowest BCUT2D eigenvalue weighted by atomic mass is 10.2. The van der Waals surface area contributed by atoms with Crippen LogP contribution in [-0.2, 0) is 4.79 Å². The lowest BCUT2D eigenvalue weighted by Crippen LogP contribution is -2.15. The van der Waals surface area contributed by atoms with E-state index in [9.17, 15) is 9.18 Å². The van der Waals surface area contributed by atoms with Crippen LogP contribution < -0.4 is 15.8 Å². The number of nitrogens with two attached hydrogens (primary N) is 1. The summed E-state index contributed by atoms with van der Waals surface area (Å²) in [5.41, 5.74) is 7.21. The van der Waals surface area contributed by atoms with Gasteiger partial charge in [0.15, 0.2) is 0 Å². The van der Waals surface area contributed by atoms with Gasteiger partial charge in [-0.25, -0.2) is 4.39 Å². The molecule has 5 heteroatoms. The first-order valence-corrected chi connectivity index (χ1v) is 6.58. The van der Waals surface area contributed by atoms with E-state index in [1.54, 1.807) is 0 Å². The van der Waals surface area contributed by atoms with Gasteiger partial charge >= 0.3 is 0 Å². The van der Waals surface area contributed by atoms with Crippen LogP contribution >= 0.6 is 0 Å². The first-order chi connectivity index (χ1) is 10.0. The van der Waals surface area contributed by atoms with Gasteiger partial charge in [0.1, 0.15) is 11.6 Å². The van der Waals surface area contributed by atoms with Gasteiger partial charge in [-0.2, -0.15) is 0 Å². The predicted octanol–water partition coefficient (Wildman–Crippen LogP) is 3.12. The number of ether oxygens (including phenoxy) is 1. The van der Waals surface area contributed by atoms with Gasteiger partial charge in [0, 0.05) is 11.4 Å². The highest BCUT2D eigenvalue weighted by molar-refractivity contribution is 5.91. The van der Waals surface area contributed by atoms with Crippen molar-refractivity contribution >= 4 is 17.3 Å². The Morgan fingerprint density at radius 2 is 2.10 bits per heavy atom. The van der Waals surface area contributed by atoms with Crippen molar-refractivity contribution in [1.82, 2.24) is 0 Å². The molecule has 110 valence electrons. The molecule has 0 saturated carbocycles. The molecule has 0 heterocycles. The Balaban J connectivity index is 1.82. The van der Waals surface area contributed by atoms with E-state index >= 15 is 0 Å². The molecule has 0 bridgehead atoms. The number of carbonyl (C=O) groups excluding carboxylic acids is 1. The van der Waals surface area contributed by atoms with Crippen molar-refractivity contribution in [3.8, 4) is 5.75 Å². The van der Waals surface area contributed by atoms with Crippen molar-refractivity contribution in [1.29, 1.82) is 0 Å². The standard InChI is InChI=1S/C16H17FN2O2/c1-11-3-2-4-15(7-11)21-6-5-16(20)19-14-9-12(17)8-13(18)10-14/h2-4,7-10H,5-6,18H2,1H3,(H,19,20). The zero-order valence-corrected chi connectivity index (χ0v) is 11.7. The zero-order chi connectivity index (χ0) is 15.2. The minimum absolute atomic E-state index is 0.171. The number of halogens is 1. The molecule has 1 amide bonds. The summed E-state index contributed by atoms with van der Waals surface area (Å²) < 4.78 is 18.6. The number of rotatable bonds is 5. The number of amides is 1. The number of aryl methyl sites for hydroxylation is 1. The lowest BCUT2D eigenvalue weighted by Gasteiger charge is -2.08. The van der Waals surface area contributed by atoms with Crippen LogP contribution in [-0.4, -0.2) is 12.5 Å². The Morgan fingerprint density at radius 3 is 2.81 bits per heavy atom. The van der Waals surface area contributed by atoms with Gasteiger partial charge in [-0.15, -0.1) is 0 Å². The number of benzene rings is 2. The monoisotopic (exact) mass is 288 g/mol. The molecule has 0 radical (unpaired) electrons. The van der Waals surface area contributed by atoms with E-state index in [0.29, 0.717) is 5.69 Å². The molecule has 0 aliphatic heterocycles. The van der Waals surface area contributed by atoms with Gasteiger partial charge in [-0.05, 0) is 42.8 Å². The van der Waals surface area contributed by atoms with Crippen LogP contribution in [0, 0.1) is 12.7 Å². The van der Waals surface area contributed by atoms with Gasteiger partial charge in [0.2, 0.25) is 5.91 Å². The molecule has 0 spiro atoms. The zero-order valence-electron chi connectivity index (χ0n) is 11.7. The summed E-state index contributed by atoms with van der Waals surface area (Å²) in [6.45, 7) is 2.22. The van der Waals surface area contributed by atoms with E-state index in [0.717, 1.165) is 11.3 Å². The van der Waals surface area contributed by atoms with Crippen LogP contribution in [0.5, 0.6) is 5.75 Å². The van der Waals surface area contributed by atoms with E-state index in [2.05, 4.69) is 5.32 Å². The summed E-state index contributed by atoms with van der Waals surface area (Å²) >= 11 is 0. The van der Waals surface area contributed by atoms with Crippen molar-refractivity contribution in [2.24, 2.45) is 0 Å². The molecule has 3 N–H and O–H groups in total. The van der Waals surface area contributed by atoms with Gasteiger partial charge in [0.05, 0.1) is 13.0 Å². The smallest absolute Gasteiger partial charge is 0.227 e. The fraction of sp³-hybridized carbons (Fsp3) is 0.188.